The van der Waals surface area contributed by atoms with E-state index in [-0.39, 0.29) is 6.04 Å². The lowest BCUT2D eigenvalue weighted by Gasteiger charge is -2.19. The highest BCUT2D eigenvalue weighted by atomic mass is 79.9. The van der Waals surface area contributed by atoms with Crippen LogP contribution in [0.1, 0.15) is 24.9 Å². The average Bonchev–Trinajstić information content (AvgIpc) is 2.46. The van der Waals surface area contributed by atoms with Crippen LogP contribution in [0.15, 0.2) is 46.9 Å². The van der Waals surface area contributed by atoms with Gasteiger partial charge >= 0.3 is 5.69 Å². The van der Waals surface area contributed by atoms with Gasteiger partial charge in [-0.2, -0.15) is 4.39 Å². The second kappa shape index (κ2) is 6.67. The summed E-state index contributed by atoms with van der Waals surface area (Å²) >= 11 is 3.42. The monoisotopic (exact) mass is 352 g/mol. The summed E-state index contributed by atoms with van der Waals surface area (Å²) in [6.07, 6.45) is 0.793. The van der Waals surface area contributed by atoms with Crippen LogP contribution in [0.2, 0.25) is 0 Å². The SMILES string of the molecule is CCC(Nc1ccc(F)c([N+](=O)[O-])c1)c1cccc(Br)c1. The fourth-order valence-electron chi connectivity index (χ4n) is 2.09. The van der Waals surface area contributed by atoms with Gasteiger partial charge in [0.05, 0.1) is 11.0 Å². The van der Waals surface area contributed by atoms with Crippen LogP contribution < -0.4 is 5.32 Å². The summed E-state index contributed by atoms with van der Waals surface area (Å²) in [4.78, 5) is 10.1. The van der Waals surface area contributed by atoms with Gasteiger partial charge in [0.15, 0.2) is 0 Å². The minimum atomic E-state index is -0.832. The highest BCUT2D eigenvalue weighted by Crippen LogP contribution is 2.28. The first-order valence-corrected chi connectivity index (χ1v) is 7.26. The summed E-state index contributed by atoms with van der Waals surface area (Å²) in [6, 6.07) is 11.6. The predicted octanol–water partition coefficient (Wildman–Crippen LogP) is 5.06. The van der Waals surface area contributed by atoms with Gasteiger partial charge in [0.2, 0.25) is 5.82 Å². The van der Waals surface area contributed by atoms with Crippen molar-refractivity contribution in [2.24, 2.45) is 0 Å². The Morgan fingerprint density at radius 2 is 2.10 bits per heavy atom. The molecular formula is C15H14BrFN2O2. The van der Waals surface area contributed by atoms with E-state index < -0.39 is 16.4 Å². The number of nitrogens with one attached hydrogen (secondary N) is 1. The molecule has 0 aliphatic carbocycles. The highest BCUT2D eigenvalue weighted by molar-refractivity contribution is 9.10. The van der Waals surface area contributed by atoms with E-state index in [1.807, 2.05) is 31.2 Å². The van der Waals surface area contributed by atoms with Gasteiger partial charge in [0.25, 0.3) is 0 Å². The van der Waals surface area contributed by atoms with Crippen molar-refractivity contribution >= 4 is 27.3 Å². The Morgan fingerprint density at radius 1 is 1.33 bits per heavy atom. The maximum absolute atomic E-state index is 13.3. The molecule has 0 heterocycles. The molecule has 0 fully saturated rings. The van der Waals surface area contributed by atoms with Crippen molar-refractivity contribution in [2.75, 3.05) is 5.32 Å². The molecule has 0 bridgehead atoms. The summed E-state index contributed by atoms with van der Waals surface area (Å²) in [5.41, 5.74) is 1.05. The summed E-state index contributed by atoms with van der Waals surface area (Å²) in [7, 11) is 0. The molecule has 4 nitrogen and oxygen atoms in total. The Hall–Kier alpha value is -1.95. The number of halogens is 2. The molecule has 21 heavy (non-hydrogen) atoms. The van der Waals surface area contributed by atoms with E-state index >= 15 is 0 Å². The number of hydrogen-bond acceptors (Lipinski definition) is 3. The minimum absolute atomic E-state index is 0.00688. The summed E-state index contributed by atoms with van der Waals surface area (Å²) in [6.45, 7) is 2.01. The molecule has 1 N–H and O–H groups in total. The van der Waals surface area contributed by atoms with E-state index in [9.17, 15) is 14.5 Å². The Bertz CT molecular complexity index is 664. The molecule has 0 spiro atoms. The number of anilines is 1. The number of hydrogen-bond donors (Lipinski definition) is 1. The molecule has 0 aliphatic heterocycles. The number of nitro groups is 1. The van der Waals surface area contributed by atoms with Crippen molar-refractivity contribution in [3.05, 3.63) is 68.4 Å². The Morgan fingerprint density at radius 3 is 2.71 bits per heavy atom. The summed E-state index contributed by atoms with van der Waals surface area (Å²) in [5.74, 6) is -0.832. The van der Waals surface area contributed by atoms with Crippen molar-refractivity contribution in [2.45, 2.75) is 19.4 Å². The van der Waals surface area contributed by atoms with Crippen LogP contribution in [0.5, 0.6) is 0 Å². The van der Waals surface area contributed by atoms with Crippen LogP contribution in [-0.2, 0) is 0 Å². The maximum Gasteiger partial charge on any atom is 0.306 e. The van der Waals surface area contributed by atoms with Crippen LogP contribution in [0.25, 0.3) is 0 Å². The Labute approximate surface area is 130 Å². The molecule has 0 amide bonds. The van der Waals surface area contributed by atoms with Gasteiger partial charge in [0, 0.05) is 16.2 Å². The van der Waals surface area contributed by atoms with Gasteiger partial charge in [-0.1, -0.05) is 35.0 Å². The molecule has 6 heteroatoms. The molecule has 1 atom stereocenters. The third kappa shape index (κ3) is 3.78. The van der Waals surface area contributed by atoms with Crippen molar-refractivity contribution in [3.63, 3.8) is 0 Å². The zero-order valence-electron chi connectivity index (χ0n) is 11.3. The lowest BCUT2D eigenvalue weighted by Crippen LogP contribution is -2.10. The van der Waals surface area contributed by atoms with Crippen molar-refractivity contribution in [3.8, 4) is 0 Å². The molecule has 1 unspecified atom stereocenters. The zero-order valence-corrected chi connectivity index (χ0v) is 12.9. The van der Waals surface area contributed by atoms with Gasteiger partial charge in [0.1, 0.15) is 0 Å². The smallest absolute Gasteiger partial charge is 0.306 e. The van der Waals surface area contributed by atoms with E-state index in [1.165, 1.54) is 12.1 Å². The van der Waals surface area contributed by atoms with Crippen LogP contribution in [-0.4, -0.2) is 4.92 Å². The molecule has 0 aliphatic rings. The highest BCUT2D eigenvalue weighted by Gasteiger charge is 2.16. The normalized spacial score (nSPS) is 12.0. The number of rotatable bonds is 5. The molecule has 2 rings (SSSR count). The van der Waals surface area contributed by atoms with Crippen LogP contribution in [0, 0.1) is 15.9 Å². The van der Waals surface area contributed by atoms with Gasteiger partial charge in [-0.05, 0) is 36.2 Å². The Balaban J connectivity index is 2.27. The molecule has 0 saturated heterocycles. The number of nitrogens with zero attached hydrogens (tertiary/aromatic N) is 1. The zero-order chi connectivity index (χ0) is 15.4. The van der Waals surface area contributed by atoms with Crippen LogP contribution in [0.4, 0.5) is 15.8 Å². The lowest BCUT2D eigenvalue weighted by molar-refractivity contribution is -0.387. The second-order valence-electron chi connectivity index (χ2n) is 4.58. The first kappa shape index (κ1) is 15.4. The molecule has 0 radical (unpaired) electrons. The van der Waals surface area contributed by atoms with Crippen molar-refractivity contribution < 1.29 is 9.31 Å². The third-order valence-corrected chi connectivity index (χ3v) is 3.64. The van der Waals surface area contributed by atoms with E-state index in [0.717, 1.165) is 22.5 Å². The van der Waals surface area contributed by atoms with Gasteiger partial charge in [-0.15, -0.1) is 0 Å². The third-order valence-electron chi connectivity index (χ3n) is 3.14. The standard InChI is InChI=1S/C15H14BrFN2O2/c1-2-14(10-4-3-5-11(16)8-10)18-12-6-7-13(17)15(9-12)19(20)21/h3-9,14,18H,2H2,1H3. The summed E-state index contributed by atoms with van der Waals surface area (Å²) in [5, 5.41) is 14.0. The van der Waals surface area contributed by atoms with Gasteiger partial charge in [-0.25, -0.2) is 0 Å². The van der Waals surface area contributed by atoms with Crippen LogP contribution >= 0.6 is 15.9 Å². The first-order valence-electron chi connectivity index (χ1n) is 6.47. The van der Waals surface area contributed by atoms with E-state index in [1.54, 1.807) is 0 Å². The summed E-state index contributed by atoms with van der Waals surface area (Å²) < 4.78 is 14.3. The predicted molar refractivity (Wildman–Crippen MR) is 83.9 cm³/mol. The first-order chi connectivity index (χ1) is 10.0. The van der Waals surface area contributed by atoms with E-state index in [0.29, 0.717) is 5.69 Å². The van der Waals surface area contributed by atoms with Gasteiger partial charge < -0.3 is 5.32 Å². The topological polar surface area (TPSA) is 55.2 Å². The lowest BCUT2D eigenvalue weighted by atomic mass is 10.0. The molecular weight excluding hydrogens is 339 g/mol. The molecule has 0 aromatic heterocycles. The molecule has 110 valence electrons. The van der Waals surface area contributed by atoms with Crippen molar-refractivity contribution in [1.29, 1.82) is 0 Å². The van der Waals surface area contributed by atoms with E-state index in [2.05, 4.69) is 21.2 Å². The largest absolute Gasteiger partial charge is 0.378 e. The minimum Gasteiger partial charge on any atom is -0.378 e. The molecule has 0 saturated carbocycles. The van der Waals surface area contributed by atoms with Crippen molar-refractivity contribution in [1.82, 2.24) is 0 Å². The fraction of sp³-hybridized carbons (Fsp3) is 0.200. The maximum atomic E-state index is 13.3. The Kier molecular flexibility index (Phi) is 4.90. The number of nitro benzene ring substituents is 1. The molecule has 2 aromatic rings. The number of benzene rings is 2. The fourth-order valence-corrected chi connectivity index (χ4v) is 2.50. The molecule has 2 aromatic carbocycles. The second-order valence-corrected chi connectivity index (χ2v) is 5.50. The van der Waals surface area contributed by atoms with E-state index in [4.69, 9.17) is 0 Å². The quantitative estimate of drug-likeness (QED) is 0.604. The van der Waals surface area contributed by atoms with Crippen LogP contribution in [0.3, 0.4) is 0 Å². The van der Waals surface area contributed by atoms with Gasteiger partial charge in [-0.3, -0.25) is 10.1 Å². The average molecular weight is 353 g/mol.